The summed E-state index contributed by atoms with van der Waals surface area (Å²) in [6.45, 7) is 5.25. The van der Waals surface area contributed by atoms with Crippen LogP contribution in [0.25, 0.3) is 10.9 Å². The molecule has 0 radical (unpaired) electrons. The molecule has 0 aliphatic rings. The zero-order valence-corrected chi connectivity index (χ0v) is 14.8. The maximum Gasteiger partial charge on any atom is 0.305 e. The molecule has 2 rings (SSSR count). The van der Waals surface area contributed by atoms with E-state index in [1.54, 1.807) is 7.11 Å². The minimum atomic E-state index is -0.119. The molecule has 0 aliphatic carbocycles. The van der Waals surface area contributed by atoms with Crippen LogP contribution in [0.3, 0.4) is 0 Å². The number of ether oxygens (including phenoxy) is 2. The number of fused-ring (bicyclic) bond motifs is 1. The van der Waals surface area contributed by atoms with Crippen LogP contribution in [0.5, 0.6) is 5.75 Å². The van der Waals surface area contributed by atoms with E-state index in [1.165, 1.54) is 5.56 Å². The second-order valence-electron chi connectivity index (χ2n) is 5.44. The Hall–Kier alpha value is -1.68. The molecule has 0 saturated heterocycles. The van der Waals surface area contributed by atoms with Crippen LogP contribution in [0.4, 0.5) is 0 Å². The van der Waals surface area contributed by atoms with Crippen molar-refractivity contribution in [2.45, 2.75) is 46.1 Å². The summed E-state index contributed by atoms with van der Waals surface area (Å²) in [5.74, 6) is 0.584. The molecule has 0 N–H and O–H groups in total. The van der Waals surface area contributed by atoms with Crippen LogP contribution < -0.4 is 4.74 Å². The lowest BCUT2D eigenvalue weighted by atomic mass is 10.1. The van der Waals surface area contributed by atoms with Crippen molar-refractivity contribution in [3.63, 3.8) is 0 Å². The molecule has 1 heterocycles. The minimum Gasteiger partial charge on any atom is -0.495 e. The van der Waals surface area contributed by atoms with Crippen molar-refractivity contribution in [2.24, 2.45) is 0 Å². The topological polar surface area (TPSA) is 40.5 Å². The van der Waals surface area contributed by atoms with E-state index in [9.17, 15) is 4.79 Å². The number of rotatable bonds is 8. The predicted octanol–water partition coefficient (Wildman–Crippen LogP) is 4.60. The number of hydrogen-bond donors (Lipinski definition) is 0. The molecule has 5 heteroatoms. The molecule has 0 aliphatic heterocycles. The van der Waals surface area contributed by atoms with E-state index in [-0.39, 0.29) is 5.97 Å². The summed E-state index contributed by atoms with van der Waals surface area (Å²) in [7, 11) is 1.63. The number of unbranched alkanes of at least 4 members (excludes halogenated alkanes) is 1. The molecule has 4 nitrogen and oxygen atoms in total. The van der Waals surface area contributed by atoms with Gasteiger partial charge in [0.1, 0.15) is 5.75 Å². The van der Waals surface area contributed by atoms with Crippen LogP contribution in [-0.4, -0.2) is 24.3 Å². The first-order valence-electron chi connectivity index (χ1n) is 8.12. The molecule has 0 atom stereocenters. The Balaban J connectivity index is 2.12. The number of esters is 1. The smallest absolute Gasteiger partial charge is 0.305 e. The Labute approximate surface area is 142 Å². The Morgan fingerprint density at radius 3 is 2.70 bits per heavy atom. The van der Waals surface area contributed by atoms with E-state index < -0.39 is 0 Å². The third kappa shape index (κ3) is 3.99. The van der Waals surface area contributed by atoms with Crippen LogP contribution in [-0.2, 0) is 22.5 Å². The number of hydrogen-bond acceptors (Lipinski definition) is 3. The van der Waals surface area contributed by atoms with Gasteiger partial charge in [-0.15, -0.1) is 0 Å². The third-order valence-electron chi connectivity index (χ3n) is 3.96. The molecule has 126 valence electrons. The first kappa shape index (κ1) is 17.7. The van der Waals surface area contributed by atoms with E-state index in [1.807, 2.05) is 19.1 Å². The fourth-order valence-corrected chi connectivity index (χ4v) is 3.17. The summed E-state index contributed by atoms with van der Waals surface area (Å²) in [4.78, 5) is 11.4. The van der Waals surface area contributed by atoms with Crippen molar-refractivity contribution in [1.82, 2.24) is 4.57 Å². The summed E-state index contributed by atoms with van der Waals surface area (Å²) in [6.07, 6.45) is 5.29. The molecule has 1 aromatic carbocycles. The van der Waals surface area contributed by atoms with Gasteiger partial charge < -0.3 is 14.0 Å². The van der Waals surface area contributed by atoms with Gasteiger partial charge in [0.2, 0.25) is 0 Å². The number of nitrogens with zero attached hydrogens (tertiary/aromatic N) is 1. The van der Waals surface area contributed by atoms with Crippen molar-refractivity contribution in [3.05, 3.63) is 28.9 Å². The minimum absolute atomic E-state index is 0.119. The molecule has 0 spiro atoms. The highest BCUT2D eigenvalue weighted by atomic mass is 35.5. The number of aryl methyl sites for hydroxylation is 2. The number of aromatic nitrogens is 1. The largest absolute Gasteiger partial charge is 0.495 e. The van der Waals surface area contributed by atoms with Gasteiger partial charge in [-0.3, -0.25) is 4.79 Å². The molecule has 2 aromatic rings. The van der Waals surface area contributed by atoms with Gasteiger partial charge in [0.05, 0.1) is 24.3 Å². The number of carbonyl (C=O) groups excluding carboxylic acids is 1. The van der Waals surface area contributed by atoms with Crippen LogP contribution in [0.1, 0.15) is 38.7 Å². The zero-order valence-electron chi connectivity index (χ0n) is 14.0. The van der Waals surface area contributed by atoms with E-state index in [4.69, 9.17) is 21.1 Å². The van der Waals surface area contributed by atoms with Gasteiger partial charge in [0.25, 0.3) is 0 Å². The van der Waals surface area contributed by atoms with E-state index in [0.717, 1.165) is 36.7 Å². The lowest BCUT2D eigenvalue weighted by Crippen LogP contribution is -2.04. The van der Waals surface area contributed by atoms with E-state index in [2.05, 4.69) is 17.7 Å². The fraction of sp³-hybridized carbons (Fsp3) is 0.500. The number of methoxy groups -OCH3 is 1. The number of benzene rings is 1. The van der Waals surface area contributed by atoms with Gasteiger partial charge in [0, 0.05) is 24.5 Å². The average Bonchev–Trinajstić information content (AvgIpc) is 2.91. The molecule has 23 heavy (non-hydrogen) atoms. The van der Waals surface area contributed by atoms with Crippen molar-refractivity contribution in [2.75, 3.05) is 13.7 Å². The molecule has 0 fully saturated rings. The molecular weight excluding hydrogens is 314 g/mol. The first-order valence-corrected chi connectivity index (χ1v) is 8.49. The second-order valence-corrected chi connectivity index (χ2v) is 5.82. The molecule has 0 saturated carbocycles. The van der Waals surface area contributed by atoms with Gasteiger partial charge in [-0.05, 0) is 43.9 Å². The van der Waals surface area contributed by atoms with Crippen molar-refractivity contribution < 1.29 is 14.3 Å². The number of carbonyl (C=O) groups is 1. The zero-order chi connectivity index (χ0) is 16.8. The summed E-state index contributed by atoms with van der Waals surface area (Å²) in [5.41, 5.74) is 2.33. The Morgan fingerprint density at radius 1 is 1.26 bits per heavy atom. The SMILES string of the molecule is CCOC(=O)CCCCn1cc(CC)c2c(Cl)c(OC)ccc21. The van der Waals surface area contributed by atoms with Crippen molar-refractivity contribution >= 4 is 28.5 Å². The highest BCUT2D eigenvalue weighted by Gasteiger charge is 2.14. The van der Waals surface area contributed by atoms with Gasteiger partial charge in [-0.2, -0.15) is 0 Å². The second kappa shape index (κ2) is 8.25. The van der Waals surface area contributed by atoms with Crippen LogP contribution in [0, 0.1) is 0 Å². The molecule has 0 amide bonds. The monoisotopic (exact) mass is 337 g/mol. The summed E-state index contributed by atoms with van der Waals surface area (Å²) < 4.78 is 12.5. The molecule has 0 unspecified atom stereocenters. The molecule has 1 aromatic heterocycles. The van der Waals surface area contributed by atoms with Crippen molar-refractivity contribution in [1.29, 1.82) is 0 Å². The maximum atomic E-state index is 11.4. The highest BCUT2D eigenvalue weighted by Crippen LogP contribution is 2.36. The Kier molecular flexibility index (Phi) is 6.34. The van der Waals surface area contributed by atoms with E-state index in [0.29, 0.717) is 23.8 Å². The first-order chi connectivity index (χ1) is 11.1. The lowest BCUT2D eigenvalue weighted by Gasteiger charge is -2.08. The third-order valence-corrected chi connectivity index (χ3v) is 4.34. The maximum absolute atomic E-state index is 11.4. The average molecular weight is 338 g/mol. The Bertz CT molecular complexity index is 678. The van der Waals surface area contributed by atoms with Gasteiger partial charge >= 0.3 is 5.97 Å². The van der Waals surface area contributed by atoms with Gasteiger partial charge in [0.15, 0.2) is 0 Å². The molecule has 0 bridgehead atoms. The quantitative estimate of drug-likeness (QED) is 0.522. The number of halogens is 1. The summed E-state index contributed by atoms with van der Waals surface area (Å²) in [6, 6.07) is 3.95. The Morgan fingerprint density at radius 2 is 2.04 bits per heavy atom. The van der Waals surface area contributed by atoms with E-state index >= 15 is 0 Å². The van der Waals surface area contributed by atoms with Gasteiger partial charge in [-0.25, -0.2) is 0 Å². The van der Waals surface area contributed by atoms with Crippen LogP contribution in [0.2, 0.25) is 5.02 Å². The molecular formula is C18H24ClNO3. The lowest BCUT2D eigenvalue weighted by molar-refractivity contribution is -0.143. The summed E-state index contributed by atoms with van der Waals surface area (Å²) >= 11 is 6.48. The fourth-order valence-electron chi connectivity index (χ4n) is 2.81. The highest BCUT2D eigenvalue weighted by molar-refractivity contribution is 6.37. The predicted molar refractivity (Wildman–Crippen MR) is 93.4 cm³/mol. The van der Waals surface area contributed by atoms with Crippen LogP contribution in [0.15, 0.2) is 18.3 Å². The normalized spacial score (nSPS) is 11.0. The standard InChI is InChI=1S/C18H24ClNO3/c1-4-13-12-20(11-7-6-8-16(21)23-5-2)14-9-10-15(22-3)18(19)17(13)14/h9-10,12H,4-8,11H2,1-3H3. The van der Waals surface area contributed by atoms with Crippen LogP contribution >= 0.6 is 11.6 Å². The van der Waals surface area contributed by atoms with Gasteiger partial charge in [-0.1, -0.05) is 18.5 Å². The summed E-state index contributed by atoms with van der Waals surface area (Å²) in [5, 5.41) is 1.74. The van der Waals surface area contributed by atoms with Crippen molar-refractivity contribution in [3.8, 4) is 5.75 Å².